The van der Waals surface area contributed by atoms with Gasteiger partial charge in [-0.05, 0) is 6.42 Å². The summed E-state index contributed by atoms with van der Waals surface area (Å²) in [7, 11) is 0. The first kappa shape index (κ1) is 42.8. The van der Waals surface area contributed by atoms with Gasteiger partial charge in [-0.15, -0.1) is 0 Å². The van der Waals surface area contributed by atoms with Gasteiger partial charge in [0.1, 0.15) is 0 Å². The van der Waals surface area contributed by atoms with Crippen LogP contribution in [0.25, 0.3) is 0 Å². The van der Waals surface area contributed by atoms with E-state index in [1.54, 1.807) is 6.92 Å². The van der Waals surface area contributed by atoms with Gasteiger partial charge in [-0.25, -0.2) is 9.59 Å². The van der Waals surface area contributed by atoms with Gasteiger partial charge in [0.15, 0.2) is 12.2 Å². The summed E-state index contributed by atoms with van der Waals surface area (Å²) in [6.07, 6.45) is -3.60. The topological polar surface area (TPSA) is 230 Å². The summed E-state index contributed by atoms with van der Waals surface area (Å²) in [5.74, 6) is -2.79. The number of ether oxygens (including phenoxy) is 1. The third-order valence-corrected chi connectivity index (χ3v) is 1.24. The molecule has 12 heteroatoms. The quantitative estimate of drug-likeness (QED) is 0.327. The molecule has 19 heavy (non-hydrogen) atoms. The van der Waals surface area contributed by atoms with Crippen molar-refractivity contribution in [1.82, 2.24) is 0 Å². The zero-order valence-corrected chi connectivity index (χ0v) is 16.3. The van der Waals surface area contributed by atoms with Gasteiger partial charge in [-0.1, -0.05) is 6.92 Å². The Bertz CT molecular complexity index is 214. The van der Waals surface area contributed by atoms with Crippen LogP contribution >= 0.6 is 0 Å². The van der Waals surface area contributed by atoms with E-state index < -0.39 is 24.1 Å². The number of aliphatic hydroxyl groups is 2. The molecule has 0 spiro atoms. The minimum Gasteiger partial charge on any atom is -1.00 e. The summed E-state index contributed by atoms with van der Waals surface area (Å²) in [6, 6.07) is 0. The van der Waals surface area contributed by atoms with Crippen LogP contribution in [0.2, 0.25) is 0 Å². The molecular formula is C7H22KNaO10. The number of rotatable bonds is 5. The molecule has 0 saturated heterocycles. The molecule has 0 aromatic rings. The molecule has 0 fully saturated rings. The summed E-state index contributed by atoms with van der Waals surface area (Å²) in [6.45, 7) is 1.83. The van der Waals surface area contributed by atoms with E-state index in [4.69, 9.17) is 15.3 Å². The molecule has 2 unspecified atom stereocenters. The molecule has 0 aliphatic heterocycles. The number of aliphatic carboxylic acids is 1. The third kappa shape index (κ3) is 19.3. The zero-order valence-electron chi connectivity index (χ0n) is 13.1. The van der Waals surface area contributed by atoms with Gasteiger partial charge in [0.25, 0.3) is 0 Å². The minimum absolute atomic E-state index is 0. The predicted octanol–water partition coefficient (Wildman–Crippen LogP) is -10.3. The molecule has 0 saturated carbocycles. The van der Waals surface area contributed by atoms with Crippen molar-refractivity contribution in [3.8, 4) is 0 Å². The van der Waals surface area contributed by atoms with Crippen molar-refractivity contribution in [3.05, 3.63) is 0 Å². The fraction of sp³-hybridized carbons (Fsp3) is 0.714. The summed E-state index contributed by atoms with van der Waals surface area (Å²) in [5, 5.41) is 25.8. The van der Waals surface area contributed by atoms with E-state index in [0.29, 0.717) is 6.42 Å². The maximum Gasteiger partial charge on any atom is 1.00 e. The zero-order chi connectivity index (χ0) is 10.4. The molecule has 112 valence electrons. The number of aliphatic hydroxyl groups excluding tert-OH is 2. The van der Waals surface area contributed by atoms with Crippen LogP contribution < -0.4 is 80.9 Å². The number of carboxylic acid groups (broad SMARTS) is 1. The first-order valence-corrected chi connectivity index (χ1v) is 3.76. The van der Waals surface area contributed by atoms with Crippen molar-refractivity contribution in [2.45, 2.75) is 25.6 Å². The molecule has 2 atom stereocenters. The van der Waals surface area contributed by atoms with Crippen molar-refractivity contribution < 1.29 is 135 Å². The second-order valence-electron chi connectivity index (χ2n) is 2.40. The van der Waals surface area contributed by atoms with Crippen molar-refractivity contribution in [3.63, 3.8) is 0 Å². The largest absolute Gasteiger partial charge is 1.00 e. The molecular weight excluding hydrogens is 306 g/mol. The van der Waals surface area contributed by atoms with Gasteiger partial charge >= 0.3 is 92.9 Å². The maximum absolute atomic E-state index is 10.8. The van der Waals surface area contributed by atoms with Crippen molar-refractivity contribution in [2.24, 2.45) is 0 Å². The van der Waals surface area contributed by atoms with Gasteiger partial charge in [-0.3, -0.25) is 0 Å². The van der Waals surface area contributed by atoms with Crippen LogP contribution in [0.5, 0.6) is 0 Å². The molecule has 0 bridgehead atoms. The van der Waals surface area contributed by atoms with Gasteiger partial charge < -0.3 is 44.8 Å². The SMILES string of the molecule is CCCOC(=O)C(O)C(O)C(=O)O.O.O.O.O.[H-].[H-].[K+].[Na+]. The van der Waals surface area contributed by atoms with Crippen molar-refractivity contribution in [2.75, 3.05) is 6.61 Å². The second kappa shape index (κ2) is 24.4. The standard InChI is InChI=1S/C7H12O6.K.Na.4H2O.2H/c1-2-3-13-7(12)5(9)4(8)6(10)11;;;;;;;;/h4-5,8-9H,2-3H2,1H3,(H,10,11);;;4*1H2;;/q;2*+1;;;;;2*-1. The average Bonchev–Trinajstić information content (AvgIpc) is 2.11. The number of hydrogen-bond donors (Lipinski definition) is 3. The number of carboxylic acids is 1. The number of esters is 1. The molecule has 0 amide bonds. The Hall–Kier alpha value is 1.34. The first-order chi connectivity index (χ1) is 6.00. The number of carbonyl (C=O) groups is 2. The monoisotopic (exact) mass is 328 g/mol. The smallest absolute Gasteiger partial charge is 1.00 e. The Morgan fingerprint density at radius 3 is 1.74 bits per heavy atom. The van der Waals surface area contributed by atoms with Gasteiger partial charge in [0, 0.05) is 0 Å². The van der Waals surface area contributed by atoms with E-state index in [0.717, 1.165) is 0 Å². The molecule has 0 aliphatic rings. The van der Waals surface area contributed by atoms with Crippen molar-refractivity contribution in [1.29, 1.82) is 0 Å². The van der Waals surface area contributed by atoms with Gasteiger partial charge in [0.05, 0.1) is 6.61 Å². The molecule has 0 radical (unpaired) electrons. The predicted molar refractivity (Wildman–Crippen MR) is 57.6 cm³/mol. The average molecular weight is 328 g/mol. The third-order valence-electron chi connectivity index (χ3n) is 1.24. The second-order valence-corrected chi connectivity index (χ2v) is 2.40. The van der Waals surface area contributed by atoms with E-state index >= 15 is 0 Å². The van der Waals surface area contributed by atoms with E-state index in [1.165, 1.54) is 0 Å². The van der Waals surface area contributed by atoms with E-state index in [9.17, 15) is 9.59 Å². The Morgan fingerprint density at radius 1 is 1.11 bits per heavy atom. The Kier molecular flexibility index (Phi) is 54.8. The minimum atomic E-state index is -2.13. The summed E-state index contributed by atoms with van der Waals surface area (Å²) in [4.78, 5) is 20.9. The molecule has 0 rings (SSSR count). The van der Waals surface area contributed by atoms with Crippen LogP contribution in [0.3, 0.4) is 0 Å². The van der Waals surface area contributed by atoms with E-state index in [2.05, 4.69) is 4.74 Å². The van der Waals surface area contributed by atoms with E-state index in [-0.39, 0.29) is 112 Å². The van der Waals surface area contributed by atoms with Crippen LogP contribution in [0, 0.1) is 0 Å². The normalized spacial score (nSPS) is 10.1. The number of carbonyl (C=O) groups excluding carboxylic acids is 1. The summed E-state index contributed by atoms with van der Waals surface area (Å²) < 4.78 is 4.41. The van der Waals surface area contributed by atoms with Crippen LogP contribution in [-0.4, -0.2) is 68.0 Å². The summed E-state index contributed by atoms with van der Waals surface area (Å²) in [5.41, 5.74) is 0. The first-order valence-electron chi connectivity index (χ1n) is 3.76. The van der Waals surface area contributed by atoms with Crippen LogP contribution in [-0.2, 0) is 14.3 Å². The fourth-order valence-electron chi connectivity index (χ4n) is 0.552. The molecule has 0 aromatic heterocycles. The fourth-order valence-corrected chi connectivity index (χ4v) is 0.552. The van der Waals surface area contributed by atoms with Crippen LogP contribution in [0.15, 0.2) is 0 Å². The molecule has 10 nitrogen and oxygen atoms in total. The molecule has 0 aliphatic carbocycles. The van der Waals surface area contributed by atoms with E-state index in [1.807, 2.05) is 0 Å². The maximum atomic E-state index is 10.8. The van der Waals surface area contributed by atoms with Crippen LogP contribution in [0.1, 0.15) is 16.2 Å². The summed E-state index contributed by atoms with van der Waals surface area (Å²) >= 11 is 0. The van der Waals surface area contributed by atoms with Crippen molar-refractivity contribution >= 4 is 11.9 Å². The number of hydrogen-bond acceptors (Lipinski definition) is 5. The molecule has 11 N–H and O–H groups in total. The molecule has 0 aromatic carbocycles. The Labute approximate surface area is 177 Å². The van der Waals surface area contributed by atoms with Gasteiger partial charge in [0.2, 0.25) is 0 Å². The van der Waals surface area contributed by atoms with Gasteiger partial charge in [-0.2, -0.15) is 0 Å². The van der Waals surface area contributed by atoms with Crippen LogP contribution in [0.4, 0.5) is 0 Å². The Morgan fingerprint density at radius 2 is 1.47 bits per heavy atom. The molecule has 0 heterocycles. The Balaban J connectivity index is -0.0000000257.